The van der Waals surface area contributed by atoms with Crippen LogP contribution in [0.3, 0.4) is 0 Å². The van der Waals surface area contributed by atoms with Crippen LogP contribution in [0.2, 0.25) is 0 Å². The highest BCUT2D eigenvalue weighted by atomic mass is 16.4. The van der Waals surface area contributed by atoms with E-state index in [2.05, 4.69) is 26.8 Å². The lowest BCUT2D eigenvalue weighted by atomic mass is 9.46. The lowest BCUT2D eigenvalue weighted by Gasteiger charge is -2.59. The van der Waals surface area contributed by atoms with Crippen LogP contribution >= 0.6 is 0 Å². The van der Waals surface area contributed by atoms with Gasteiger partial charge in [-0.25, -0.2) is 0 Å². The van der Waals surface area contributed by atoms with Crippen molar-refractivity contribution in [3.8, 4) is 0 Å². The number of hydrogen-bond donors (Lipinski definition) is 3. The van der Waals surface area contributed by atoms with Crippen LogP contribution in [0, 0.1) is 34.5 Å². The van der Waals surface area contributed by atoms with Gasteiger partial charge in [-0.15, -0.1) is 0 Å². The zero-order valence-electron chi connectivity index (χ0n) is 16.4. The molecule has 3 fully saturated rings. The lowest BCUT2D eigenvalue weighted by molar-refractivity contribution is -0.158. The van der Waals surface area contributed by atoms with Gasteiger partial charge < -0.3 is 15.3 Å². The molecule has 4 nitrogen and oxygen atoms in total. The Labute approximate surface area is 156 Å². The van der Waals surface area contributed by atoms with E-state index in [0.717, 1.165) is 38.5 Å². The van der Waals surface area contributed by atoms with E-state index >= 15 is 0 Å². The Morgan fingerprint density at radius 3 is 2.62 bits per heavy atom. The van der Waals surface area contributed by atoms with E-state index in [9.17, 15) is 20.1 Å². The largest absolute Gasteiger partial charge is 0.481 e. The molecule has 0 aromatic carbocycles. The van der Waals surface area contributed by atoms with E-state index in [1.807, 2.05) is 0 Å². The van der Waals surface area contributed by atoms with Gasteiger partial charge in [-0.2, -0.15) is 0 Å². The van der Waals surface area contributed by atoms with E-state index < -0.39 is 11.6 Å². The van der Waals surface area contributed by atoms with E-state index in [0.29, 0.717) is 30.1 Å². The molecule has 4 aliphatic rings. The fourth-order valence-electron chi connectivity index (χ4n) is 7.64. The molecule has 26 heavy (non-hydrogen) atoms. The van der Waals surface area contributed by atoms with E-state index in [1.165, 1.54) is 5.57 Å². The predicted octanol–water partition coefficient (Wildman–Crippen LogP) is 3.76. The summed E-state index contributed by atoms with van der Waals surface area (Å²) in [6.07, 6.45) is 8.47. The molecule has 146 valence electrons. The molecule has 4 heteroatoms. The molecule has 0 radical (unpaired) electrons. The predicted molar refractivity (Wildman–Crippen MR) is 99.5 cm³/mol. The van der Waals surface area contributed by atoms with Crippen molar-refractivity contribution in [2.75, 3.05) is 0 Å². The van der Waals surface area contributed by atoms with Gasteiger partial charge in [0.05, 0.1) is 18.1 Å². The third-order valence-electron chi connectivity index (χ3n) is 9.22. The topological polar surface area (TPSA) is 77.8 Å². The second-order valence-electron chi connectivity index (χ2n) is 10.3. The summed E-state index contributed by atoms with van der Waals surface area (Å²) < 4.78 is 0. The number of carboxylic acids is 1. The maximum absolute atomic E-state index is 11.4. The number of aliphatic hydroxyl groups excluding tert-OH is 1. The third-order valence-corrected chi connectivity index (χ3v) is 9.22. The summed E-state index contributed by atoms with van der Waals surface area (Å²) in [5.74, 6) is 0.985. The first-order chi connectivity index (χ1) is 12.1. The Hall–Kier alpha value is -0.870. The normalized spacial score (nSPS) is 53.3. The number of aliphatic hydroxyl groups is 2. The van der Waals surface area contributed by atoms with Crippen LogP contribution in [0.15, 0.2) is 11.6 Å². The molecular formula is C22H34O4. The van der Waals surface area contributed by atoms with Crippen molar-refractivity contribution in [2.45, 2.75) is 83.8 Å². The molecule has 0 aliphatic heterocycles. The van der Waals surface area contributed by atoms with Crippen LogP contribution in [-0.2, 0) is 4.79 Å². The van der Waals surface area contributed by atoms with Gasteiger partial charge in [-0.05, 0) is 79.4 Å². The monoisotopic (exact) mass is 362 g/mol. The Morgan fingerprint density at radius 1 is 1.23 bits per heavy atom. The van der Waals surface area contributed by atoms with Crippen molar-refractivity contribution in [1.82, 2.24) is 0 Å². The second-order valence-corrected chi connectivity index (χ2v) is 10.3. The fourth-order valence-corrected chi connectivity index (χ4v) is 7.64. The summed E-state index contributed by atoms with van der Waals surface area (Å²) in [4.78, 5) is 11.4. The van der Waals surface area contributed by atoms with E-state index in [-0.39, 0.29) is 23.4 Å². The lowest BCUT2D eigenvalue weighted by Crippen LogP contribution is -2.55. The SMILES string of the molecule is CC1C[C@@]2(C)C(=CC[C@@H]3[C@H]2CC[C@@]2(C)[C@H]3CCC2(O)CC(=O)O)CC1O. The van der Waals surface area contributed by atoms with Crippen molar-refractivity contribution >= 4 is 5.97 Å². The fraction of sp³-hybridized carbons (Fsp3) is 0.864. The summed E-state index contributed by atoms with van der Waals surface area (Å²) in [6, 6.07) is 0. The maximum atomic E-state index is 11.4. The van der Waals surface area contributed by atoms with Crippen molar-refractivity contribution in [3.05, 3.63) is 11.6 Å². The summed E-state index contributed by atoms with van der Waals surface area (Å²) in [6.45, 7) is 6.72. The zero-order chi connectivity index (χ0) is 18.9. The van der Waals surface area contributed by atoms with Crippen molar-refractivity contribution < 1.29 is 20.1 Å². The molecule has 0 amide bonds. The number of carboxylic acid groups (broad SMARTS) is 1. The molecule has 4 rings (SSSR count). The highest BCUT2D eigenvalue weighted by Crippen LogP contribution is 2.67. The zero-order valence-corrected chi connectivity index (χ0v) is 16.4. The van der Waals surface area contributed by atoms with Gasteiger partial charge >= 0.3 is 5.97 Å². The van der Waals surface area contributed by atoms with Gasteiger partial charge in [0.15, 0.2) is 0 Å². The minimum absolute atomic E-state index is 0.126. The molecule has 0 aromatic rings. The molecule has 3 N–H and O–H groups in total. The molecule has 0 aromatic heterocycles. The molecular weight excluding hydrogens is 328 g/mol. The van der Waals surface area contributed by atoms with Crippen LogP contribution in [-0.4, -0.2) is 33.0 Å². The molecule has 8 atom stereocenters. The molecule has 0 bridgehead atoms. The summed E-state index contributed by atoms with van der Waals surface area (Å²) >= 11 is 0. The van der Waals surface area contributed by atoms with Crippen molar-refractivity contribution in [3.63, 3.8) is 0 Å². The second kappa shape index (κ2) is 5.81. The van der Waals surface area contributed by atoms with Gasteiger partial charge in [0.1, 0.15) is 0 Å². The summed E-state index contributed by atoms with van der Waals surface area (Å²) in [5.41, 5.74) is 0.270. The van der Waals surface area contributed by atoms with Crippen LogP contribution < -0.4 is 0 Å². The van der Waals surface area contributed by atoms with Crippen LogP contribution in [0.1, 0.15) is 72.1 Å². The Morgan fingerprint density at radius 2 is 1.92 bits per heavy atom. The average molecular weight is 363 g/mol. The highest BCUT2D eigenvalue weighted by molar-refractivity contribution is 5.68. The maximum Gasteiger partial charge on any atom is 0.306 e. The number of rotatable bonds is 2. The number of carbonyl (C=O) groups is 1. The van der Waals surface area contributed by atoms with Crippen LogP contribution in [0.5, 0.6) is 0 Å². The molecule has 0 saturated heterocycles. The van der Waals surface area contributed by atoms with Gasteiger partial charge in [0.25, 0.3) is 0 Å². The minimum atomic E-state index is -1.06. The Balaban J connectivity index is 1.66. The summed E-state index contributed by atoms with van der Waals surface area (Å²) in [5, 5.41) is 30.9. The number of hydrogen-bond acceptors (Lipinski definition) is 3. The van der Waals surface area contributed by atoms with Gasteiger partial charge in [0.2, 0.25) is 0 Å². The molecule has 3 unspecified atom stereocenters. The van der Waals surface area contributed by atoms with Gasteiger partial charge in [-0.1, -0.05) is 32.4 Å². The highest BCUT2D eigenvalue weighted by Gasteiger charge is 2.64. The Bertz CT molecular complexity index is 642. The standard InChI is InChI=1S/C22H34O4/c1-13-11-20(2)14(10-18(13)23)4-5-15-16(20)6-8-21(3)17(15)7-9-22(21,26)12-19(24)25/h4,13,15-18,23,26H,5-12H2,1-3H3,(H,24,25)/t13?,15-,16-,17+,18?,20+,21+,22?/m1/s1. The first kappa shape index (κ1) is 18.5. The quantitative estimate of drug-likeness (QED) is 0.654. The van der Waals surface area contributed by atoms with E-state index in [1.54, 1.807) is 0 Å². The number of aliphatic carboxylic acids is 1. The van der Waals surface area contributed by atoms with Crippen LogP contribution in [0.25, 0.3) is 0 Å². The first-order valence-corrected chi connectivity index (χ1v) is 10.4. The number of fused-ring (bicyclic) bond motifs is 5. The average Bonchev–Trinajstić information content (AvgIpc) is 2.80. The van der Waals surface area contributed by atoms with Gasteiger partial charge in [0, 0.05) is 0 Å². The molecule has 3 saturated carbocycles. The molecule has 0 spiro atoms. The number of allylic oxidation sites excluding steroid dienone is 1. The Kier molecular flexibility index (Phi) is 4.13. The van der Waals surface area contributed by atoms with E-state index in [4.69, 9.17) is 0 Å². The smallest absolute Gasteiger partial charge is 0.306 e. The molecule has 0 heterocycles. The minimum Gasteiger partial charge on any atom is -0.481 e. The van der Waals surface area contributed by atoms with Crippen molar-refractivity contribution in [2.24, 2.45) is 34.5 Å². The molecule has 4 aliphatic carbocycles. The first-order valence-electron chi connectivity index (χ1n) is 10.4. The van der Waals surface area contributed by atoms with Crippen molar-refractivity contribution in [1.29, 1.82) is 0 Å². The van der Waals surface area contributed by atoms with Gasteiger partial charge in [-0.3, -0.25) is 4.79 Å². The third kappa shape index (κ3) is 2.37. The van der Waals surface area contributed by atoms with Crippen LogP contribution in [0.4, 0.5) is 0 Å². The summed E-state index contributed by atoms with van der Waals surface area (Å²) in [7, 11) is 0.